The molecule has 0 spiro atoms. The number of thiophene rings is 1. The Bertz CT molecular complexity index is 420. The van der Waals surface area contributed by atoms with Crippen LogP contribution in [0.15, 0.2) is 12.1 Å². The summed E-state index contributed by atoms with van der Waals surface area (Å²) in [5.41, 5.74) is 0. The second-order valence-electron chi connectivity index (χ2n) is 5.67. The van der Waals surface area contributed by atoms with E-state index in [4.69, 9.17) is 9.47 Å². The maximum Gasteiger partial charge on any atom is 0.0813 e. The fourth-order valence-corrected chi connectivity index (χ4v) is 4.28. The van der Waals surface area contributed by atoms with Gasteiger partial charge in [0.25, 0.3) is 0 Å². The highest BCUT2D eigenvalue weighted by Gasteiger charge is 2.39. The highest BCUT2D eigenvalue weighted by molar-refractivity contribution is 7.11. The number of methoxy groups -OCH3 is 1. The summed E-state index contributed by atoms with van der Waals surface area (Å²) in [4.78, 5) is 5.50. The zero-order chi connectivity index (χ0) is 13.2. The third kappa shape index (κ3) is 3.02. The summed E-state index contributed by atoms with van der Waals surface area (Å²) in [6, 6.07) is 5.11. The minimum absolute atomic E-state index is 0.315. The largest absolute Gasteiger partial charge is 0.382 e. The van der Waals surface area contributed by atoms with E-state index in [2.05, 4.69) is 24.0 Å². The van der Waals surface area contributed by atoms with Crippen LogP contribution in [0.2, 0.25) is 0 Å². The van der Waals surface area contributed by atoms with Gasteiger partial charge in [-0.25, -0.2) is 0 Å². The van der Waals surface area contributed by atoms with Gasteiger partial charge in [0.15, 0.2) is 0 Å². The summed E-state index contributed by atoms with van der Waals surface area (Å²) in [5.74, 6) is 0. The third-order valence-electron chi connectivity index (χ3n) is 4.26. The van der Waals surface area contributed by atoms with Gasteiger partial charge in [-0.15, -0.1) is 11.3 Å². The van der Waals surface area contributed by atoms with E-state index in [1.54, 1.807) is 7.11 Å². The van der Waals surface area contributed by atoms with Crippen LogP contribution in [-0.4, -0.2) is 43.4 Å². The summed E-state index contributed by atoms with van der Waals surface area (Å²) in [6.07, 6.45) is 4.30. The van der Waals surface area contributed by atoms with E-state index < -0.39 is 0 Å². The van der Waals surface area contributed by atoms with E-state index in [1.165, 1.54) is 29.1 Å². The van der Waals surface area contributed by atoms with Gasteiger partial charge in [0, 0.05) is 36.0 Å². The van der Waals surface area contributed by atoms with Crippen LogP contribution in [0.5, 0.6) is 0 Å². The van der Waals surface area contributed by atoms with Crippen LogP contribution in [0.1, 0.15) is 29.0 Å². The quantitative estimate of drug-likeness (QED) is 0.847. The molecule has 3 heterocycles. The Morgan fingerprint density at radius 2 is 2.26 bits per heavy atom. The second kappa shape index (κ2) is 5.92. The molecule has 1 aromatic rings. The number of fused-ring (bicyclic) bond motifs is 1. The van der Waals surface area contributed by atoms with Crippen LogP contribution in [0.4, 0.5) is 0 Å². The minimum Gasteiger partial charge on any atom is -0.382 e. The molecule has 0 unspecified atom stereocenters. The van der Waals surface area contributed by atoms with Gasteiger partial charge in [0.1, 0.15) is 0 Å². The first kappa shape index (κ1) is 13.6. The first-order valence-corrected chi connectivity index (χ1v) is 8.01. The van der Waals surface area contributed by atoms with Crippen molar-refractivity contribution in [1.29, 1.82) is 0 Å². The minimum atomic E-state index is 0.315. The SMILES string of the molecule is COC[C@H]1CC[C@@H]2[C@@H](CCN2Cc2ccc(C)s2)O1. The van der Waals surface area contributed by atoms with E-state index in [-0.39, 0.29) is 0 Å². The van der Waals surface area contributed by atoms with E-state index >= 15 is 0 Å². The fraction of sp³-hybridized carbons (Fsp3) is 0.733. The van der Waals surface area contributed by atoms with Crippen LogP contribution in [-0.2, 0) is 16.0 Å². The van der Waals surface area contributed by atoms with Crippen LogP contribution in [0.3, 0.4) is 0 Å². The van der Waals surface area contributed by atoms with Crippen molar-refractivity contribution in [2.75, 3.05) is 20.3 Å². The number of ether oxygens (including phenoxy) is 2. The molecular weight excluding hydrogens is 258 g/mol. The number of aryl methyl sites for hydroxylation is 1. The molecule has 2 saturated heterocycles. The van der Waals surface area contributed by atoms with Gasteiger partial charge in [0.05, 0.1) is 18.8 Å². The van der Waals surface area contributed by atoms with Gasteiger partial charge < -0.3 is 9.47 Å². The van der Waals surface area contributed by atoms with Crippen molar-refractivity contribution in [2.24, 2.45) is 0 Å². The Labute approximate surface area is 119 Å². The van der Waals surface area contributed by atoms with Crippen molar-refractivity contribution < 1.29 is 9.47 Å². The molecule has 0 N–H and O–H groups in total. The Balaban J connectivity index is 1.58. The molecule has 0 saturated carbocycles. The highest BCUT2D eigenvalue weighted by atomic mass is 32.1. The van der Waals surface area contributed by atoms with E-state index in [9.17, 15) is 0 Å². The highest BCUT2D eigenvalue weighted by Crippen LogP contribution is 2.33. The zero-order valence-corrected chi connectivity index (χ0v) is 12.6. The van der Waals surface area contributed by atoms with Crippen LogP contribution in [0.25, 0.3) is 0 Å². The van der Waals surface area contributed by atoms with Gasteiger partial charge in [0.2, 0.25) is 0 Å². The molecular formula is C15H23NO2S. The monoisotopic (exact) mass is 281 g/mol. The number of hydrogen-bond acceptors (Lipinski definition) is 4. The lowest BCUT2D eigenvalue weighted by Crippen LogP contribution is -2.43. The first-order valence-electron chi connectivity index (χ1n) is 7.20. The summed E-state index contributed by atoms with van der Waals surface area (Å²) >= 11 is 1.92. The zero-order valence-electron chi connectivity index (χ0n) is 11.8. The predicted octanol–water partition coefficient (Wildman–Crippen LogP) is 2.82. The fourth-order valence-electron chi connectivity index (χ4n) is 3.36. The van der Waals surface area contributed by atoms with Gasteiger partial charge >= 0.3 is 0 Å². The maximum atomic E-state index is 6.16. The molecule has 3 nitrogen and oxygen atoms in total. The molecule has 0 aromatic carbocycles. The molecule has 3 rings (SSSR count). The van der Waals surface area contributed by atoms with Crippen molar-refractivity contribution >= 4 is 11.3 Å². The first-order chi connectivity index (χ1) is 9.26. The Kier molecular flexibility index (Phi) is 4.22. The van der Waals surface area contributed by atoms with Gasteiger partial charge in [-0.1, -0.05) is 0 Å². The molecule has 19 heavy (non-hydrogen) atoms. The lowest BCUT2D eigenvalue weighted by atomic mass is 9.99. The standard InChI is InChI=1S/C15H23NO2S/c1-11-3-5-13(19-11)9-16-8-7-15-14(16)6-4-12(18-15)10-17-2/h3,5,12,14-15H,4,6-10H2,1-2H3/t12-,14-,15-/m1/s1. The van der Waals surface area contributed by atoms with Crippen molar-refractivity contribution in [3.63, 3.8) is 0 Å². The number of likely N-dealkylation sites (tertiary alicyclic amines) is 1. The Hall–Kier alpha value is -0.420. The average molecular weight is 281 g/mol. The molecule has 0 amide bonds. The molecule has 4 heteroatoms. The van der Waals surface area contributed by atoms with E-state index in [0.717, 1.165) is 19.6 Å². The molecule has 0 radical (unpaired) electrons. The molecule has 2 fully saturated rings. The lowest BCUT2D eigenvalue weighted by Gasteiger charge is -2.35. The number of nitrogens with zero attached hydrogens (tertiary/aromatic N) is 1. The smallest absolute Gasteiger partial charge is 0.0813 e. The molecule has 106 valence electrons. The maximum absolute atomic E-state index is 6.16. The third-order valence-corrected chi connectivity index (χ3v) is 5.24. The lowest BCUT2D eigenvalue weighted by molar-refractivity contribution is -0.0938. The molecule has 3 atom stereocenters. The van der Waals surface area contributed by atoms with Crippen molar-refractivity contribution in [1.82, 2.24) is 4.90 Å². The summed E-state index contributed by atoms with van der Waals surface area (Å²) < 4.78 is 11.4. The van der Waals surface area contributed by atoms with Crippen molar-refractivity contribution in [3.05, 3.63) is 21.9 Å². The molecule has 2 aliphatic rings. The average Bonchev–Trinajstić information content (AvgIpc) is 2.97. The molecule has 0 bridgehead atoms. The summed E-state index contributed by atoms with van der Waals surface area (Å²) in [7, 11) is 1.76. The van der Waals surface area contributed by atoms with Gasteiger partial charge in [-0.05, 0) is 38.3 Å². The van der Waals surface area contributed by atoms with E-state index in [0.29, 0.717) is 18.2 Å². The van der Waals surface area contributed by atoms with Crippen LogP contribution in [0, 0.1) is 6.92 Å². The second-order valence-corrected chi connectivity index (χ2v) is 7.04. The summed E-state index contributed by atoms with van der Waals surface area (Å²) in [6.45, 7) is 5.19. The normalized spacial score (nSPS) is 31.6. The van der Waals surface area contributed by atoms with Crippen LogP contribution < -0.4 is 0 Å². The Morgan fingerprint density at radius 3 is 3.00 bits per heavy atom. The number of rotatable bonds is 4. The van der Waals surface area contributed by atoms with Crippen LogP contribution >= 0.6 is 11.3 Å². The molecule has 2 aliphatic heterocycles. The van der Waals surface area contributed by atoms with Crippen molar-refractivity contribution in [2.45, 2.75) is 51.0 Å². The summed E-state index contributed by atoms with van der Waals surface area (Å²) in [5, 5.41) is 0. The molecule has 1 aromatic heterocycles. The van der Waals surface area contributed by atoms with Crippen molar-refractivity contribution in [3.8, 4) is 0 Å². The van der Waals surface area contributed by atoms with E-state index in [1.807, 2.05) is 11.3 Å². The van der Waals surface area contributed by atoms with Gasteiger partial charge in [-0.3, -0.25) is 4.90 Å². The number of hydrogen-bond donors (Lipinski definition) is 0. The predicted molar refractivity (Wildman–Crippen MR) is 77.6 cm³/mol. The van der Waals surface area contributed by atoms with Gasteiger partial charge in [-0.2, -0.15) is 0 Å². The molecule has 0 aliphatic carbocycles. The topological polar surface area (TPSA) is 21.7 Å². The Morgan fingerprint density at radius 1 is 1.37 bits per heavy atom.